The summed E-state index contributed by atoms with van der Waals surface area (Å²) in [4.78, 5) is 2.34. The average Bonchev–Trinajstić information content (AvgIpc) is 2.79. The minimum absolute atomic E-state index is 0.0948. The van der Waals surface area contributed by atoms with Crippen molar-refractivity contribution in [1.29, 1.82) is 0 Å². The summed E-state index contributed by atoms with van der Waals surface area (Å²) < 4.78 is 21.9. The van der Waals surface area contributed by atoms with Gasteiger partial charge in [0.25, 0.3) is 0 Å². The zero-order valence-corrected chi connectivity index (χ0v) is 12.1. The molecule has 0 aromatic rings. The van der Waals surface area contributed by atoms with Gasteiger partial charge in [-0.05, 0) is 13.8 Å². The maximum Gasteiger partial charge on any atom is 0.158 e. The fourth-order valence-electron chi connectivity index (χ4n) is 2.33. The van der Waals surface area contributed by atoms with Gasteiger partial charge in [0.05, 0.1) is 12.2 Å². The summed E-state index contributed by atoms with van der Waals surface area (Å²) in [5, 5.41) is 0. The molecule has 0 aliphatic carbocycles. The third-order valence-corrected chi connectivity index (χ3v) is 3.28. The van der Waals surface area contributed by atoms with Crippen LogP contribution in [0.5, 0.6) is 0 Å². The first-order valence-electron chi connectivity index (χ1n) is 6.76. The van der Waals surface area contributed by atoms with Crippen LogP contribution in [0.2, 0.25) is 0 Å². The van der Waals surface area contributed by atoms with E-state index in [1.807, 2.05) is 13.8 Å². The van der Waals surface area contributed by atoms with Gasteiger partial charge in [0.1, 0.15) is 0 Å². The lowest BCUT2D eigenvalue weighted by atomic mass is 10.3. The molecule has 1 aliphatic heterocycles. The van der Waals surface area contributed by atoms with Gasteiger partial charge in [-0.25, -0.2) is 0 Å². The van der Waals surface area contributed by atoms with Gasteiger partial charge < -0.3 is 18.9 Å². The minimum atomic E-state index is -0.0948. The van der Waals surface area contributed by atoms with Gasteiger partial charge in [0.15, 0.2) is 6.29 Å². The molecule has 1 saturated heterocycles. The quantitative estimate of drug-likeness (QED) is 0.582. The van der Waals surface area contributed by atoms with E-state index in [2.05, 4.69) is 4.90 Å². The number of methoxy groups -OCH3 is 2. The van der Waals surface area contributed by atoms with Gasteiger partial charge in [-0.2, -0.15) is 0 Å². The number of rotatable bonds is 9. The van der Waals surface area contributed by atoms with Crippen molar-refractivity contribution in [3.63, 3.8) is 0 Å². The Morgan fingerprint density at radius 1 is 1.00 bits per heavy atom. The van der Waals surface area contributed by atoms with Crippen LogP contribution in [0.15, 0.2) is 0 Å². The molecule has 0 bridgehead atoms. The molecule has 0 aromatic heterocycles. The Morgan fingerprint density at radius 2 is 1.50 bits per heavy atom. The van der Waals surface area contributed by atoms with Crippen molar-refractivity contribution in [1.82, 2.24) is 4.90 Å². The summed E-state index contributed by atoms with van der Waals surface area (Å²) in [5.41, 5.74) is 0. The predicted octanol–water partition coefficient (Wildman–Crippen LogP) is 1.12. The molecular formula is C13H27NO4. The van der Waals surface area contributed by atoms with E-state index >= 15 is 0 Å². The number of ether oxygens (including phenoxy) is 4. The molecule has 0 aromatic carbocycles. The number of nitrogens with zero attached hydrogens (tertiary/aromatic N) is 1. The molecule has 1 heterocycles. The smallest absolute Gasteiger partial charge is 0.158 e. The van der Waals surface area contributed by atoms with Crippen LogP contribution in [0.1, 0.15) is 20.3 Å². The second-order valence-electron chi connectivity index (χ2n) is 4.44. The Hall–Kier alpha value is -0.200. The van der Waals surface area contributed by atoms with Crippen molar-refractivity contribution in [2.45, 2.75) is 38.8 Å². The first kappa shape index (κ1) is 15.9. The van der Waals surface area contributed by atoms with Crippen molar-refractivity contribution in [2.24, 2.45) is 0 Å². The van der Waals surface area contributed by atoms with Gasteiger partial charge in [-0.3, -0.25) is 4.90 Å². The Bertz CT molecular complexity index is 197. The molecule has 0 N–H and O–H groups in total. The molecule has 0 spiro atoms. The lowest BCUT2D eigenvalue weighted by Gasteiger charge is -2.21. The summed E-state index contributed by atoms with van der Waals surface area (Å²) >= 11 is 0. The highest BCUT2D eigenvalue weighted by Gasteiger charge is 2.32. The van der Waals surface area contributed by atoms with Crippen molar-refractivity contribution in [2.75, 3.05) is 47.1 Å². The lowest BCUT2D eigenvalue weighted by molar-refractivity contribution is -0.141. The summed E-state index contributed by atoms with van der Waals surface area (Å²) in [7, 11) is 3.48. The van der Waals surface area contributed by atoms with Gasteiger partial charge in [-0.1, -0.05) is 0 Å². The molecular weight excluding hydrogens is 234 g/mol. The van der Waals surface area contributed by atoms with Gasteiger partial charge in [-0.15, -0.1) is 0 Å². The Balaban J connectivity index is 2.30. The molecule has 2 atom stereocenters. The van der Waals surface area contributed by atoms with Crippen molar-refractivity contribution in [3.05, 3.63) is 0 Å². The van der Waals surface area contributed by atoms with E-state index in [1.165, 1.54) is 0 Å². The van der Waals surface area contributed by atoms with Gasteiger partial charge >= 0.3 is 0 Å². The average molecular weight is 261 g/mol. The van der Waals surface area contributed by atoms with Crippen LogP contribution in [-0.2, 0) is 18.9 Å². The van der Waals surface area contributed by atoms with Crippen LogP contribution >= 0.6 is 0 Å². The van der Waals surface area contributed by atoms with E-state index in [0.717, 1.165) is 26.1 Å². The van der Waals surface area contributed by atoms with Crippen LogP contribution in [-0.4, -0.2) is 70.5 Å². The number of hydrogen-bond donors (Lipinski definition) is 0. The molecule has 5 heteroatoms. The lowest BCUT2D eigenvalue weighted by Crippen LogP contribution is -2.29. The maximum absolute atomic E-state index is 5.54. The van der Waals surface area contributed by atoms with Crippen LogP contribution in [0.4, 0.5) is 0 Å². The Kier molecular flexibility index (Phi) is 7.77. The minimum Gasteiger partial charge on any atom is -0.377 e. The molecule has 1 rings (SSSR count). The van der Waals surface area contributed by atoms with Crippen LogP contribution in [0.3, 0.4) is 0 Å². The molecule has 108 valence electrons. The fourth-order valence-corrected chi connectivity index (χ4v) is 2.33. The molecule has 0 saturated carbocycles. The van der Waals surface area contributed by atoms with E-state index in [1.54, 1.807) is 14.2 Å². The molecule has 1 aliphatic rings. The Morgan fingerprint density at radius 3 is 1.89 bits per heavy atom. The molecule has 18 heavy (non-hydrogen) atoms. The molecule has 0 amide bonds. The van der Waals surface area contributed by atoms with E-state index < -0.39 is 0 Å². The monoisotopic (exact) mass is 261 g/mol. The third-order valence-electron chi connectivity index (χ3n) is 3.28. The third kappa shape index (κ3) is 4.82. The van der Waals surface area contributed by atoms with Crippen molar-refractivity contribution >= 4 is 0 Å². The van der Waals surface area contributed by atoms with E-state index in [4.69, 9.17) is 18.9 Å². The van der Waals surface area contributed by atoms with Gasteiger partial charge in [0.2, 0.25) is 0 Å². The van der Waals surface area contributed by atoms with Crippen molar-refractivity contribution < 1.29 is 18.9 Å². The van der Waals surface area contributed by atoms with Crippen LogP contribution in [0.25, 0.3) is 0 Å². The van der Waals surface area contributed by atoms with Crippen LogP contribution < -0.4 is 0 Å². The zero-order valence-electron chi connectivity index (χ0n) is 12.1. The molecule has 5 nitrogen and oxygen atoms in total. The molecule has 0 radical (unpaired) electrons. The fraction of sp³-hybridized carbons (Fsp3) is 1.00. The normalized spacial score (nSPS) is 25.2. The molecule has 1 fully saturated rings. The topological polar surface area (TPSA) is 40.2 Å². The SMILES string of the molecule is CCOC(CCN1CC(OC)C(OC)C1)OCC. The van der Waals surface area contributed by atoms with E-state index in [0.29, 0.717) is 13.2 Å². The second kappa shape index (κ2) is 8.82. The summed E-state index contributed by atoms with van der Waals surface area (Å²) in [6.45, 7) is 8.13. The van der Waals surface area contributed by atoms with E-state index in [-0.39, 0.29) is 18.5 Å². The zero-order chi connectivity index (χ0) is 13.4. The molecule has 2 unspecified atom stereocenters. The highest BCUT2D eigenvalue weighted by atomic mass is 16.7. The first-order valence-corrected chi connectivity index (χ1v) is 6.76. The largest absolute Gasteiger partial charge is 0.377 e. The Labute approximate surface area is 110 Å². The highest BCUT2D eigenvalue weighted by Crippen LogP contribution is 2.16. The predicted molar refractivity (Wildman–Crippen MR) is 69.7 cm³/mol. The first-order chi connectivity index (χ1) is 8.74. The summed E-state index contributed by atoms with van der Waals surface area (Å²) in [5.74, 6) is 0. The van der Waals surface area contributed by atoms with Gasteiger partial charge in [0, 0.05) is 53.5 Å². The maximum atomic E-state index is 5.54. The summed E-state index contributed by atoms with van der Waals surface area (Å²) in [6.07, 6.45) is 1.14. The highest BCUT2D eigenvalue weighted by molar-refractivity contribution is 4.85. The standard InChI is InChI=1S/C13H27NO4/c1-5-17-13(18-6-2)7-8-14-9-11(15-3)12(10-14)16-4/h11-13H,5-10H2,1-4H3. The second-order valence-corrected chi connectivity index (χ2v) is 4.44. The number of likely N-dealkylation sites (tertiary alicyclic amines) is 1. The van der Waals surface area contributed by atoms with Crippen LogP contribution in [0, 0.1) is 0 Å². The van der Waals surface area contributed by atoms with Crippen molar-refractivity contribution in [3.8, 4) is 0 Å². The number of hydrogen-bond acceptors (Lipinski definition) is 5. The van der Waals surface area contributed by atoms with E-state index in [9.17, 15) is 0 Å². The summed E-state index contributed by atoms with van der Waals surface area (Å²) in [6, 6.07) is 0.